The summed E-state index contributed by atoms with van der Waals surface area (Å²) in [4.78, 5) is 1.56. The van der Waals surface area contributed by atoms with Gasteiger partial charge >= 0.3 is 0 Å². The van der Waals surface area contributed by atoms with E-state index in [1.54, 1.807) is 4.90 Å². The number of hydrogen-bond donors (Lipinski definition) is 2. The van der Waals surface area contributed by atoms with E-state index in [1.807, 2.05) is 0 Å². The average Bonchev–Trinajstić information content (AvgIpc) is 2.46. The van der Waals surface area contributed by atoms with Crippen molar-refractivity contribution < 1.29 is 14.7 Å². The van der Waals surface area contributed by atoms with Crippen molar-refractivity contribution in [1.29, 1.82) is 0 Å². The molecule has 3 nitrogen and oxygen atoms in total. The van der Waals surface area contributed by atoms with Crippen LogP contribution in [0.1, 0.15) is 59.3 Å². The lowest BCUT2D eigenvalue weighted by molar-refractivity contribution is -0.908. The number of hydrogen-bond acceptors (Lipinski definition) is 2. The van der Waals surface area contributed by atoms with Crippen LogP contribution in [0.3, 0.4) is 0 Å². The molecular weight excluding hydrogens is 262 g/mol. The smallest absolute Gasteiger partial charge is 0.126 e. The van der Waals surface area contributed by atoms with E-state index >= 15 is 0 Å². The summed E-state index contributed by atoms with van der Waals surface area (Å²) >= 11 is 0. The van der Waals surface area contributed by atoms with Gasteiger partial charge in [-0.2, -0.15) is 0 Å². The van der Waals surface area contributed by atoms with Gasteiger partial charge < -0.3 is 14.7 Å². The molecule has 2 rings (SSSR count). The highest BCUT2D eigenvalue weighted by Crippen LogP contribution is 2.35. The van der Waals surface area contributed by atoms with Crippen molar-refractivity contribution in [2.24, 2.45) is 17.8 Å². The van der Waals surface area contributed by atoms with Gasteiger partial charge in [-0.1, -0.05) is 27.2 Å². The molecule has 1 aliphatic heterocycles. The minimum Gasteiger partial charge on any atom is -0.385 e. The summed E-state index contributed by atoms with van der Waals surface area (Å²) in [7, 11) is 0. The third-order valence-electron chi connectivity index (χ3n) is 5.55. The number of rotatable bonds is 6. The highest BCUT2D eigenvalue weighted by Gasteiger charge is 2.32. The van der Waals surface area contributed by atoms with Crippen molar-refractivity contribution in [3.8, 4) is 0 Å². The average molecular weight is 298 g/mol. The standard InChI is InChI=1S/C18H35NO2/c1-14(2)17-8-7-15(3)11-18(17)21-13-16(20)12-19-9-5-4-6-10-19/h14-18,20H,4-13H2,1-3H3/p+1/t15-,16+,17+,18+/m0/s1. The van der Waals surface area contributed by atoms with Crippen LogP contribution in [0.5, 0.6) is 0 Å². The maximum Gasteiger partial charge on any atom is 0.126 e. The zero-order chi connectivity index (χ0) is 15.2. The van der Waals surface area contributed by atoms with Crippen molar-refractivity contribution in [2.45, 2.75) is 71.5 Å². The van der Waals surface area contributed by atoms with Gasteiger partial charge in [-0.3, -0.25) is 0 Å². The van der Waals surface area contributed by atoms with Gasteiger partial charge in [0.25, 0.3) is 0 Å². The number of nitrogens with one attached hydrogen (secondary N) is 1. The lowest BCUT2D eigenvalue weighted by Gasteiger charge is -2.37. The van der Waals surface area contributed by atoms with E-state index in [4.69, 9.17) is 4.74 Å². The number of aliphatic hydroxyl groups is 1. The Bertz CT molecular complexity index is 289. The van der Waals surface area contributed by atoms with E-state index in [2.05, 4.69) is 20.8 Å². The van der Waals surface area contributed by atoms with Crippen molar-refractivity contribution in [3.63, 3.8) is 0 Å². The molecule has 0 spiro atoms. The molecule has 0 radical (unpaired) electrons. The summed E-state index contributed by atoms with van der Waals surface area (Å²) in [6.45, 7) is 10.8. The maximum absolute atomic E-state index is 10.3. The fourth-order valence-corrected chi connectivity index (χ4v) is 4.19. The van der Waals surface area contributed by atoms with Crippen molar-refractivity contribution in [3.05, 3.63) is 0 Å². The first kappa shape index (κ1) is 17.2. The highest BCUT2D eigenvalue weighted by molar-refractivity contribution is 4.81. The molecule has 0 amide bonds. The van der Waals surface area contributed by atoms with Gasteiger partial charge in [0.2, 0.25) is 0 Å². The molecule has 0 aromatic rings. The van der Waals surface area contributed by atoms with Gasteiger partial charge in [-0.05, 0) is 49.9 Å². The Balaban J connectivity index is 1.73. The third kappa shape index (κ3) is 5.54. The zero-order valence-electron chi connectivity index (χ0n) is 14.3. The second-order valence-corrected chi connectivity index (χ2v) is 7.87. The number of quaternary nitrogens is 1. The molecule has 1 heterocycles. The highest BCUT2D eigenvalue weighted by atomic mass is 16.5. The van der Waals surface area contributed by atoms with Crippen LogP contribution >= 0.6 is 0 Å². The molecule has 0 unspecified atom stereocenters. The summed E-state index contributed by atoms with van der Waals surface area (Å²) in [6.07, 6.45) is 7.87. The number of aliphatic hydroxyl groups excluding tert-OH is 1. The molecule has 0 aromatic carbocycles. The second kappa shape index (κ2) is 8.50. The third-order valence-corrected chi connectivity index (χ3v) is 5.55. The molecule has 0 bridgehead atoms. The van der Waals surface area contributed by atoms with Crippen molar-refractivity contribution in [2.75, 3.05) is 26.2 Å². The topological polar surface area (TPSA) is 33.9 Å². The van der Waals surface area contributed by atoms with Gasteiger partial charge in [-0.25, -0.2) is 0 Å². The maximum atomic E-state index is 10.3. The second-order valence-electron chi connectivity index (χ2n) is 7.87. The summed E-state index contributed by atoms with van der Waals surface area (Å²) < 4.78 is 6.17. The Kier molecular flexibility index (Phi) is 6.97. The molecular formula is C18H36NO2+. The molecule has 4 atom stereocenters. The van der Waals surface area contributed by atoms with Gasteiger partial charge in [0, 0.05) is 0 Å². The molecule has 124 valence electrons. The lowest BCUT2D eigenvalue weighted by Crippen LogP contribution is -3.14. The monoisotopic (exact) mass is 298 g/mol. The van der Waals surface area contributed by atoms with Crippen LogP contribution in [-0.4, -0.2) is 43.6 Å². The fourth-order valence-electron chi connectivity index (χ4n) is 4.19. The summed E-state index contributed by atoms with van der Waals surface area (Å²) in [6, 6.07) is 0. The number of ether oxygens (including phenoxy) is 1. The first-order chi connectivity index (χ1) is 10.1. The van der Waals surface area contributed by atoms with Crippen molar-refractivity contribution in [1.82, 2.24) is 0 Å². The number of piperidine rings is 1. The van der Waals surface area contributed by atoms with Crippen LogP contribution in [0.4, 0.5) is 0 Å². The zero-order valence-corrected chi connectivity index (χ0v) is 14.3. The molecule has 2 fully saturated rings. The Morgan fingerprint density at radius 3 is 2.52 bits per heavy atom. The Morgan fingerprint density at radius 2 is 1.86 bits per heavy atom. The van der Waals surface area contributed by atoms with Gasteiger partial charge in [0.1, 0.15) is 12.6 Å². The van der Waals surface area contributed by atoms with Crippen LogP contribution in [0, 0.1) is 17.8 Å². The SMILES string of the molecule is CC(C)[C@H]1CC[C@H](C)C[C@H]1OC[C@H](O)C[NH+]1CCCCC1. The molecule has 1 aliphatic carbocycles. The van der Waals surface area contributed by atoms with Crippen LogP contribution in [-0.2, 0) is 4.74 Å². The largest absolute Gasteiger partial charge is 0.385 e. The van der Waals surface area contributed by atoms with Crippen LogP contribution in [0.25, 0.3) is 0 Å². The summed E-state index contributed by atoms with van der Waals surface area (Å²) in [5.41, 5.74) is 0. The molecule has 2 N–H and O–H groups in total. The van der Waals surface area contributed by atoms with Gasteiger partial charge in [0.05, 0.1) is 25.8 Å². The Hall–Kier alpha value is -0.120. The molecule has 2 aliphatic rings. The predicted molar refractivity (Wildman–Crippen MR) is 86.5 cm³/mol. The Labute approximate surface area is 131 Å². The minimum absolute atomic E-state index is 0.289. The predicted octanol–water partition coefficient (Wildman–Crippen LogP) is 1.89. The number of likely N-dealkylation sites (tertiary alicyclic amines) is 1. The van der Waals surface area contributed by atoms with Crippen molar-refractivity contribution >= 4 is 0 Å². The summed E-state index contributed by atoms with van der Waals surface area (Å²) in [5.74, 6) is 2.14. The molecule has 1 saturated heterocycles. The fraction of sp³-hybridized carbons (Fsp3) is 1.00. The Morgan fingerprint density at radius 1 is 1.14 bits per heavy atom. The van der Waals surface area contributed by atoms with E-state index in [0.717, 1.165) is 12.5 Å². The summed E-state index contributed by atoms with van der Waals surface area (Å²) in [5, 5.41) is 10.3. The molecule has 21 heavy (non-hydrogen) atoms. The minimum atomic E-state index is -0.289. The molecule has 0 aromatic heterocycles. The first-order valence-electron chi connectivity index (χ1n) is 9.19. The van der Waals surface area contributed by atoms with E-state index < -0.39 is 0 Å². The van der Waals surface area contributed by atoms with Crippen LogP contribution in [0.2, 0.25) is 0 Å². The van der Waals surface area contributed by atoms with E-state index in [-0.39, 0.29) is 6.10 Å². The van der Waals surface area contributed by atoms with Gasteiger partial charge in [-0.15, -0.1) is 0 Å². The molecule has 1 saturated carbocycles. The van der Waals surface area contributed by atoms with E-state index in [1.165, 1.54) is 51.6 Å². The van der Waals surface area contributed by atoms with E-state index in [0.29, 0.717) is 24.5 Å². The van der Waals surface area contributed by atoms with Crippen LogP contribution in [0.15, 0.2) is 0 Å². The van der Waals surface area contributed by atoms with Crippen LogP contribution < -0.4 is 4.90 Å². The normalized spacial score (nSPS) is 33.3. The first-order valence-corrected chi connectivity index (χ1v) is 9.19. The van der Waals surface area contributed by atoms with Gasteiger partial charge in [0.15, 0.2) is 0 Å². The quantitative estimate of drug-likeness (QED) is 0.785. The lowest BCUT2D eigenvalue weighted by atomic mass is 9.75. The molecule has 3 heteroatoms. The van der Waals surface area contributed by atoms with E-state index in [9.17, 15) is 5.11 Å².